The minimum absolute atomic E-state index is 0.246. The molecule has 2 rings (SSSR count). The lowest BCUT2D eigenvalue weighted by Gasteiger charge is -2.24. The minimum Gasteiger partial charge on any atom is -0.331 e. The second kappa shape index (κ2) is 7.05. The van der Waals surface area contributed by atoms with Crippen molar-refractivity contribution in [1.82, 2.24) is 4.90 Å². The number of aryl methyl sites for hydroxylation is 1. The minimum atomic E-state index is -0.793. The maximum Gasteiger partial charge on any atom is 0.313 e. The number of nitrogens with zero attached hydrogens (tertiary/aromatic N) is 1. The predicted octanol–water partition coefficient (Wildman–Crippen LogP) is 3.29. The molecule has 2 aromatic carbocycles. The largest absolute Gasteiger partial charge is 0.331 e. The summed E-state index contributed by atoms with van der Waals surface area (Å²) in [5, 5.41) is 2.43. The Morgan fingerprint density at radius 2 is 1.78 bits per heavy atom. The first-order valence-electron chi connectivity index (χ1n) is 7.29. The molecule has 1 unspecified atom stereocenters. The van der Waals surface area contributed by atoms with Crippen LogP contribution in [0.15, 0.2) is 48.5 Å². The molecule has 0 aliphatic rings. The van der Waals surface area contributed by atoms with Crippen LogP contribution in [0.25, 0.3) is 0 Å². The third-order valence-electron chi connectivity index (χ3n) is 3.81. The van der Waals surface area contributed by atoms with Gasteiger partial charge in [0.25, 0.3) is 0 Å². The van der Waals surface area contributed by atoms with E-state index in [1.54, 1.807) is 26.1 Å². The molecule has 0 saturated carbocycles. The van der Waals surface area contributed by atoms with E-state index in [2.05, 4.69) is 5.32 Å². The van der Waals surface area contributed by atoms with Crippen LogP contribution in [0.3, 0.4) is 0 Å². The van der Waals surface area contributed by atoms with Gasteiger partial charge in [-0.3, -0.25) is 9.59 Å². The summed E-state index contributed by atoms with van der Waals surface area (Å²) in [6.07, 6.45) is 0. The first-order valence-corrected chi connectivity index (χ1v) is 7.29. The lowest BCUT2D eigenvalue weighted by molar-refractivity contribution is -0.143. The Labute approximate surface area is 134 Å². The summed E-state index contributed by atoms with van der Waals surface area (Å²) in [5.74, 6) is -1.90. The SMILES string of the molecule is Cc1ccc(NC(=O)C(=O)N(C)C(C)c2ccccc2)cc1F. The zero-order valence-electron chi connectivity index (χ0n) is 13.3. The lowest BCUT2D eigenvalue weighted by atomic mass is 10.1. The Morgan fingerprint density at radius 1 is 1.13 bits per heavy atom. The van der Waals surface area contributed by atoms with E-state index in [0.717, 1.165) is 5.56 Å². The number of nitrogens with one attached hydrogen (secondary N) is 1. The van der Waals surface area contributed by atoms with Gasteiger partial charge in [-0.2, -0.15) is 0 Å². The van der Waals surface area contributed by atoms with Gasteiger partial charge in [-0.15, -0.1) is 0 Å². The Morgan fingerprint density at radius 3 is 2.39 bits per heavy atom. The first kappa shape index (κ1) is 16.7. The summed E-state index contributed by atoms with van der Waals surface area (Å²) in [7, 11) is 1.56. The van der Waals surface area contributed by atoms with Gasteiger partial charge in [0.05, 0.1) is 6.04 Å². The van der Waals surface area contributed by atoms with E-state index in [1.165, 1.54) is 11.0 Å². The number of amides is 2. The van der Waals surface area contributed by atoms with E-state index in [9.17, 15) is 14.0 Å². The van der Waals surface area contributed by atoms with Crippen LogP contribution in [0.4, 0.5) is 10.1 Å². The van der Waals surface area contributed by atoms with Crippen LogP contribution >= 0.6 is 0 Å². The van der Waals surface area contributed by atoms with Gasteiger partial charge in [0.15, 0.2) is 0 Å². The maximum absolute atomic E-state index is 13.5. The number of hydrogen-bond donors (Lipinski definition) is 1. The van der Waals surface area contributed by atoms with Crippen LogP contribution in [0, 0.1) is 12.7 Å². The zero-order valence-corrected chi connectivity index (χ0v) is 13.3. The Hall–Kier alpha value is -2.69. The molecule has 0 spiro atoms. The van der Waals surface area contributed by atoms with Gasteiger partial charge in [-0.25, -0.2) is 4.39 Å². The quantitative estimate of drug-likeness (QED) is 0.884. The molecule has 0 bridgehead atoms. The molecular formula is C18H19FN2O2. The van der Waals surface area contributed by atoms with Crippen molar-refractivity contribution in [3.05, 3.63) is 65.5 Å². The van der Waals surface area contributed by atoms with Crippen molar-refractivity contribution in [2.24, 2.45) is 0 Å². The molecule has 1 N–H and O–H groups in total. The average Bonchev–Trinajstić information content (AvgIpc) is 2.57. The van der Waals surface area contributed by atoms with Crippen molar-refractivity contribution >= 4 is 17.5 Å². The molecule has 2 amide bonds. The van der Waals surface area contributed by atoms with Gasteiger partial charge in [-0.1, -0.05) is 36.4 Å². The molecule has 0 saturated heterocycles. The number of rotatable bonds is 3. The predicted molar refractivity (Wildman–Crippen MR) is 87.4 cm³/mol. The zero-order chi connectivity index (χ0) is 17.0. The molecule has 0 aliphatic heterocycles. The van der Waals surface area contributed by atoms with E-state index in [0.29, 0.717) is 5.56 Å². The smallest absolute Gasteiger partial charge is 0.313 e. The number of anilines is 1. The monoisotopic (exact) mass is 314 g/mol. The average molecular weight is 314 g/mol. The highest BCUT2D eigenvalue weighted by Crippen LogP contribution is 2.19. The van der Waals surface area contributed by atoms with E-state index < -0.39 is 17.6 Å². The number of benzene rings is 2. The lowest BCUT2D eigenvalue weighted by Crippen LogP contribution is -2.38. The Kier molecular flexibility index (Phi) is 5.11. The molecule has 0 fully saturated rings. The van der Waals surface area contributed by atoms with E-state index in [-0.39, 0.29) is 11.7 Å². The van der Waals surface area contributed by atoms with Crippen molar-refractivity contribution in [2.45, 2.75) is 19.9 Å². The van der Waals surface area contributed by atoms with Crippen LogP contribution in [0.5, 0.6) is 0 Å². The molecular weight excluding hydrogens is 295 g/mol. The number of carbonyl (C=O) groups is 2. The van der Waals surface area contributed by atoms with Crippen LogP contribution < -0.4 is 5.32 Å². The van der Waals surface area contributed by atoms with Crippen LogP contribution in [-0.4, -0.2) is 23.8 Å². The molecule has 0 heterocycles. The van der Waals surface area contributed by atoms with Crippen LogP contribution in [-0.2, 0) is 9.59 Å². The summed E-state index contributed by atoms with van der Waals surface area (Å²) in [5.41, 5.74) is 1.66. The summed E-state index contributed by atoms with van der Waals surface area (Å²) >= 11 is 0. The topological polar surface area (TPSA) is 49.4 Å². The Bertz CT molecular complexity index is 716. The highest BCUT2D eigenvalue weighted by Gasteiger charge is 2.23. The third kappa shape index (κ3) is 3.94. The van der Waals surface area contributed by atoms with Crippen LogP contribution in [0.2, 0.25) is 0 Å². The second-order valence-corrected chi connectivity index (χ2v) is 5.42. The number of carbonyl (C=O) groups excluding carboxylic acids is 2. The molecule has 23 heavy (non-hydrogen) atoms. The van der Waals surface area contributed by atoms with Crippen molar-refractivity contribution in [1.29, 1.82) is 0 Å². The van der Waals surface area contributed by atoms with Gasteiger partial charge in [-0.05, 0) is 37.1 Å². The van der Waals surface area contributed by atoms with E-state index >= 15 is 0 Å². The molecule has 0 aliphatic carbocycles. The van der Waals surface area contributed by atoms with Crippen molar-refractivity contribution in [3.63, 3.8) is 0 Å². The maximum atomic E-state index is 13.5. The number of hydrogen-bond acceptors (Lipinski definition) is 2. The molecule has 0 aromatic heterocycles. The number of halogens is 1. The molecule has 0 radical (unpaired) electrons. The summed E-state index contributed by atoms with van der Waals surface area (Å²) in [6.45, 7) is 3.47. The molecule has 4 nitrogen and oxygen atoms in total. The number of likely N-dealkylation sites (N-methyl/N-ethyl adjacent to an activating group) is 1. The van der Waals surface area contributed by atoms with Crippen molar-refractivity contribution in [3.8, 4) is 0 Å². The van der Waals surface area contributed by atoms with Gasteiger partial charge in [0.2, 0.25) is 0 Å². The summed E-state index contributed by atoms with van der Waals surface area (Å²) in [6, 6.07) is 13.5. The molecule has 120 valence electrons. The van der Waals surface area contributed by atoms with E-state index in [1.807, 2.05) is 37.3 Å². The fourth-order valence-corrected chi connectivity index (χ4v) is 2.15. The van der Waals surface area contributed by atoms with Gasteiger partial charge in [0.1, 0.15) is 5.82 Å². The van der Waals surface area contributed by atoms with Crippen LogP contribution in [0.1, 0.15) is 24.1 Å². The van der Waals surface area contributed by atoms with Crippen molar-refractivity contribution in [2.75, 3.05) is 12.4 Å². The van der Waals surface area contributed by atoms with Gasteiger partial charge >= 0.3 is 11.8 Å². The molecule has 2 aromatic rings. The first-order chi connectivity index (χ1) is 10.9. The fraction of sp³-hybridized carbons (Fsp3) is 0.222. The fourth-order valence-electron chi connectivity index (χ4n) is 2.15. The molecule has 1 atom stereocenters. The molecule has 5 heteroatoms. The van der Waals surface area contributed by atoms with Gasteiger partial charge in [0, 0.05) is 12.7 Å². The summed E-state index contributed by atoms with van der Waals surface area (Å²) < 4.78 is 13.5. The summed E-state index contributed by atoms with van der Waals surface area (Å²) in [4.78, 5) is 25.7. The third-order valence-corrected chi connectivity index (χ3v) is 3.81. The highest BCUT2D eigenvalue weighted by atomic mass is 19.1. The van der Waals surface area contributed by atoms with E-state index in [4.69, 9.17) is 0 Å². The normalized spacial score (nSPS) is 11.7. The standard InChI is InChI=1S/C18H19FN2O2/c1-12-9-10-15(11-16(12)19)20-17(22)18(23)21(3)13(2)14-7-5-4-6-8-14/h4-11,13H,1-3H3,(H,20,22). The Balaban J connectivity index is 2.06. The van der Waals surface area contributed by atoms with Crippen molar-refractivity contribution < 1.29 is 14.0 Å². The second-order valence-electron chi connectivity index (χ2n) is 5.42. The highest BCUT2D eigenvalue weighted by molar-refractivity contribution is 6.39. The van der Waals surface area contributed by atoms with Gasteiger partial charge < -0.3 is 10.2 Å².